The minimum Gasteiger partial charge on any atom is -0.454 e. The van der Waals surface area contributed by atoms with E-state index in [1.165, 1.54) is 31.9 Å². The van der Waals surface area contributed by atoms with Gasteiger partial charge in [-0.3, -0.25) is 9.88 Å². The lowest BCUT2D eigenvalue weighted by Crippen LogP contribution is -2.74. The molecule has 9 aromatic rings. The van der Waals surface area contributed by atoms with Crippen LogP contribution in [-0.4, -0.2) is 18.0 Å². The SMILES string of the molecule is CC1(C)c2ccc([Si](c3ccccc3)(c3ccccc3)c3cccc(-c4ccccn4)c3)cc2N(c2ccccn2)c2c1ccc1c2oc2ccccc21. The Labute approximate surface area is 316 Å². The molecular formula is C49H37N3OSi. The van der Waals surface area contributed by atoms with Crippen molar-refractivity contribution in [1.82, 2.24) is 9.97 Å². The molecule has 6 aromatic carbocycles. The van der Waals surface area contributed by atoms with E-state index in [9.17, 15) is 0 Å². The van der Waals surface area contributed by atoms with Gasteiger partial charge >= 0.3 is 0 Å². The topological polar surface area (TPSA) is 42.2 Å². The second-order valence-electron chi connectivity index (χ2n) is 14.6. The highest BCUT2D eigenvalue weighted by atomic mass is 28.3. The van der Waals surface area contributed by atoms with E-state index in [4.69, 9.17) is 14.4 Å². The standard InChI is InChI=1S/C49H37N3OSi/c1-49(2)41-28-26-38(33-44(41)52(46-25-12-14-31-51-46)47-42(49)29-27-40-39-22-9-10-24-45(39)53-48(40)47)54(35-17-5-3-6-18-35,36-19-7-4-8-20-36)37-21-15-16-34(32-37)43-23-11-13-30-50-43/h3-33H,1-2H3. The number of aromatic nitrogens is 2. The Bertz CT molecular complexity index is 2760. The van der Waals surface area contributed by atoms with Crippen LogP contribution in [0.3, 0.4) is 0 Å². The molecule has 0 bridgehead atoms. The van der Waals surface area contributed by atoms with Gasteiger partial charge in [-0.1, -0.05) is 153 Å². The lowest BCUT2D eigenvalue weighted by Gasteiger charge is -2.43. The maximum Gasteiger partial charge on any atom is 0.179 e. The van der Waals surface area contributed by atoms with Crippen LogP contribution in [0, 0.1) is 0 Å². The van der Waals surface area contributed by atoms with Gasteiger partial charge in [-0.05, 0) is 68.3 Å². The molecule has 1 aliphatic rings. The van der Waals surface area contributed by atoms with Crippen LogP contribution in [-0.2, 0) is 5.41 Å². The number of hydrogen-bond acceptors (Lipinski definition) is 4. The van der Waals surface area contributed by atoms with Gasteiger partial charge in [0.1, 0.15) is 11.4 Å². The van der Waals surface area contributed by atoms with Crippen molar-refractivity contribution in [1.29, 1.82) is 0 Å². The third kappa shape index (κ3) is 4.82. The molecule has 1 aliphatic heterocycles. The Morgan fingerprint density at radius 2 is 1.17 bits per heavy atom. The molecule has 0 spiro atoms. The molecule has 54 heavy (non-hydrogen) atoms. The zero-order chi connectivity index (χ0) is 36.3. The summed E-state index contributed by atoms with van der Waals surface area (Å²) in [5.74, 6) is 0.851. The summed E-state index contributed by atoms with van der Waals surface area (Å²) in [6.07, 6.45) is 3.75. The average molecular weight is 712 g/mol. The zero-order valence-corrected chi connectivity index (χ0v) is 31.1. The van der Waals surface area contributed by atoms with Crippen molar-refractivity contribution in [2.45, 2.75) is 19.3 Å². The quantitative estimate of drug-likeness (QED) is 0.127. The van der Waals surface area contributed by atoms with Gasteiger partial charge in [0.2, 0.25) is 0 Å². The molecule has 3 aromatic heterocycles. The molecule has 4 heterocycles. The Kier molecular flexibility index (Phi) is 7.46. The number of rotatable bonds is 6. The van der Waals surface area contributed by atoms with Crippen LogP contribution in [0.25, 0.3) is 33.2 Å². The number of nitrogens with zero attached hydrogens (tertiary/aromatic N) is 3. The van der Waals surface area contributed by atoms with Gasteiger partial charge in [-0.25, -0.2) is 4.98 Å². The van der Waals surface area contributed by atoms with Crippen molar-refractivity contribution in [2.75, 3.05) is 4.90 Å². The highest BCUT2D eigenvalue weighted by Gasteiger charge is 2.45. The molecule has 0 radical (unpaired) electrons. The number of pyridine rings is 2. The number of benzene rings is 6. The van der Waals surface area contributed by atoms with E-state index in [2.05, 4.69) is 176 Å². The molecule has 0 saturated heterocycles. The Morgan fingerprint density at radius 1 is 0.519 bits per heavy atom. The first-order valence-corrected chi connectivity index (χ1v) is 20.5. The largest absolute Gasteiger partial charge is 0.454 e. The van der Waals surface area contributed by atoms with Gasteiger partial charge in [-0.2, -0.15) is 0 Å². The van der Waals surface area contributed by atoms with E-state index in [-0.39, 0.29) is 5.41 Å². The fraction of sp³-hybridized carbons (Fsp3) is 0.0612. The van der Waals surface area contributed by atoms with E-state index in [0.29, 0.717) is 0 Å². The van der Waals surface area contributed by atoms with Crippen LogP contribution < -0.4 is 25.6 Å². The first-order valence-electron chi connectivity index (χ1n) is 18.5. The summed E-state index contributed by atoms with van der Waals surface area (Å²) in [6.45, 7) is 4.67. The predicted molar refractivity (Wildman–Crippen MR) is 225 cm³/mol. The Balaban J connectivity index is 1.31. The van der Waals surface area contributed by atoms with Gasteiger partial charge in [0, 0.05) is 34.1 Å². The van der Waals surface area contributed by atoms with Crippen LogP contribution in [0.2, 0.25) is 0 Å². The van der Waals surface area contributed by atoms with Crippen molar-refractivity contribution in [3.8, 4) is 11.3 Å². The predicted octanol–water partition coefficient (Wildman–Crippen LogP) is 9.53. The Morgan fingerprint density at radius 3 is 1.89 bits per heavy atom. The third-order valence-electron chi connectivity index (χ3n) is 11.3. The molecule has 0 fully saturated rings. The van der Waals surface area contributed by atoms with E-state index in [0.717, 1.165) is 50.4 Å². The first-order chi connectivity index (χ1) is 26.5. The summed E-state index contributed by atoms with van der Waals surface area (Å²) in [5, 5.41) is 7.42. The number of furan rings is 1. The highest BCUT2D eigenvalue weighted by Crippen LogP contribution is 2.54. The summed E-state index contributed by atoms with van der Waals surface area (Å²) < 4.78 is 6.80. The Hall–Kier alpha value is -6.56. The summed E-state index contributed by atoms with van der Waals surface area (Å²) in [7, 11) is -2.97. The van der Waals surface area contributed by atoms with Gasteiger partial charge in [-0.15, -0.1) is 0 Å². The number of para-hydroxylation sites is 1. The summed E-state index contributed by atoms with van der Waals surface area (Å²) in [6, 6.07) is 63.7. The van der Waals surface area contributed by atoms with Gasteiger partial charge in [0.25, 0.3) is 0 Å². The van der Waals surface area contributed by atoms with Crippen molar-refractivity contribution in [3.05, 3.63) is 199 Å². The lowest BCUT2D eigenvalue weighted by molar-refractivity contribution is 0.623. The molecular weight excluding hydrogens is 675 g/mol. The van der Waals surface area contributed by atoms with Crippen LogP contribution in [0.15, 0.2) is 193 Å². The molecule has 258 valence electrons. The molecule has 0 saturated carbocycles. The van der Waals surface area contributed by atoms with E-state index in [1.807, 2.05) is 30.6 Å². The van der Waals surface area contributed by atoms with Crippen LogP contribution in [0.1, 0.15) is 25.0 Å². The fourth-order valence-corrected chi connectivity index (χ4v) is 13.6. The summed E-state index contributed by atoms with van der Waals surface area (Å²) >= 11 is 0. The smallest absolute Gasteiger partial charge is 0.179 e. The van der Waals surface area contributed by atoms with Crippen LogP contribution >= 0.6 is 0 Å². The van der Waals surface area contributed by atoms with Crippen molar-refractivity contribution in [3.63, 3.8) is 0 Å². The van der Waals surface area contributed by atoms with E-state index >= 15 is 0 Å². The highest BCUT2D eigenvalue weighted by molar-refractivity contribution is 7.20. The summed E-state index contributed by atoms with van der Waals surface area (Å²) in [5.41, 5.74) is 8.10. The molecule has 0 atom stereocenters. The molecule has 10 rings (SSSR count). The second kappa shape index (κ2) is 12.5. The van der Waals surface area contributed by atoms with Crippen LogP contribution in [0.4, 0.5) is 17.2 Å². The normalized spacial score (nSPS) is 13.5. The number of fused-ring (bicyclic) bond motifs is 6. The molecule has 0 amide bonds. The average Bonchev–Trinajstić information content (AvgIpc) is 3.62. The number of anilines is 3. The third-order valence-corrected chi connectivity index (χ3v) is 16.1. The lowest BCUT2D eigenvalue weighted by atomic mass is 9.73. The van der Waals surface area contributed by atoms with E-state index in [1.54, 1.807) is 0 Å². The van der Waals surface area contributed by atoms with Gasteiger partial charge in [0.05, 0.1) is 17.1 Å². The van der Waals surface area contributed by atoms with Crippen LogP contribution in [0.5, 0.6) is 0 Å². The fourth-order valence-electron chi connectivity index (χ4n) is 8.79. The molecule has 0 unspecified atom stereocenters. The second-order valence-corrected chi connectivity index (χ2v) is 18.4. The van der Waals surface area contributed by atoms with Crippen molar-refractivity contribution >= 4 is 68.0 Å². The maximum absolute atomic E-state index is 6.80. The first kappa shape index (κ1) is 32.1. The van der Waals surface area contributed by atoms with Gasteiger partial charge in [0.15, 0.2) is 13.7 Å². The summed E-state index contributed by atoms with van der Waals surface area (Å²) in [4.78, 5) is 12.1. The maximum atomic E-state index is 6.80. The van der Waals surface area contributed by atoms with Crippen molar-refractivity contribution < 1.29 is 4.42 Å². The van der Waals surface area contributed by atoms with Crippen molar-refractivity contribution in [2.24, 2.45) is 0 Å². The zero-order valence-electron chi connectivity index (χ0n) is 30.1. The molecule has 0 aliphatic carbocycles. The molecule has 4 nitrogen and oxygen atoms in total. The monoisotopic (exact) mass is 711 g/mol. The van der Waals surface area contributed by atoms with Gasteiger partial charge < -0.3 is 4.42 Å². The minimum atomic E-state index is -2.97. The molecule has 0 N–H and O–H groups in total. The number of hydrogen-bond donors (Lipinski definition) is 0. The van der Waals surface area contributed by atoms with E-state index < -0.39 is 8.07 Å². The minimum absolute atomic E-state index is 0.329. The molecule has 5 heteroatoms.